The number of sulfonamides is 1. The van der Waals surface area contributed by atoms with Gasteiger partial charge in [-0.05, 0) is 6.07 Å². The number of nitrogens with one attached hydrogen (secondary N) is 1. The van der Waals surface area contributed by atoms with E-state index in [1.165, 1.54) is 16.4 Å². The maximum Gasteiger partial charge on any atom is 0.311 e. The van der Waals surface area contributed by atoms with Gasteiger partial charge in [0.15, 0.2) is 0 Å². The molecule has 0 spiro atoms. The number of piperazine rings is 1. The minimum atomic E-state index is -3.25. The van der Waals surface area contributed by atoms with Crippen LogP contribution in [0.3, 0.4) is 0 Å². The number of hydrazine groups is 1. The zero-order valence-electron chi connectivity index (χ0n) is 11.4. The number of pyridine rings is 1. The van der Waals surface area contributed by atoms with Crippen LogP contribution >= 0.6 is 0 Å². The fourth-order valence-electron chi connectivity index (χ4n) is 2.13. The van der Waals surface area contributed by atoms with E-state index in [0.29, 0.717) is 18.9 Å². The monoisotopic (exact) mass is 316 g/mol. The largest absolute Gasteiger partial charge is 0.348 e. The quantitative estimate of drug-likeness (QED) is 0.425. The molecule has 1 aliphatic rings. The van der Waals surface area contributed by atoms with Gasteiger partial charge < -0.3 is 10.3 Å². The number of rotatable bonds is 4. The molecule has 1 aromatic rings. The molecule has 0 bridgehead atoms. The smallest absolute Gasteiger partial charge is 0.311 e. The minimum Gasteiger partial charge on any atom is -0.348 e. The van der Waals surface area contributed by atoms with Crippen LogP contribution in [-0.4, -0.2) is 55.1 Å². The molecule has 0 saturated carbocycles. The summed E-state index contributed by atoms with van der Waals surface area (Å²) >= 11 is 0. The zero-order valence-corrected chi connectivity index (χ0v) is 12.2. The normalized spacial score (nSPS) is 16.8. The summed E-state index contributed by atoms with van der Waals surface area (Å²) in [5.74, 6) is 5.76. The van der Waals surface area contributed by atoms with E-state index >= 15 is 0 Å². The zero-order chi connectivity index (χ0) is 15.6. The van der Waals surface area contributed by atoms with Crippen LogP contribution in [0, 0.1) is 10.1 Å². The highest BCUT2D eigenvalue weighted by atomic mass is 32.2. The first-order chi connectivity index (χ1) is 9.82. The van der Waals surface area contributed by atoms with Crippen molar-refractivity contribution >= 4 is 27.3 Å². The first-order valence-corrected chi connectivity index (χ1v) is 8.00. The van der Waals surface area contributed by atoms with Gasteiger partial charge in [-0.25, -0.2) is 19.2 Å². The number of nitrogens with zero attached hydrogens (tertiary/aromatic N) is 4. The summed E-state index contributed by atoms with van der Waals surface area (Å²) in [7, 11) is -3.25. The summed E-state index contributed by atoms with van der Waals surface area (Å²) in [4.78, 5) is 16.3. The van der Waals surface area contributed by atoms with Gasteiger partial charge in [-0.2, -0.15) is 4.31 Å². The molecule has 116 valence electrons. The molecule has 0 radical (unpaired) electrons. The Morgan fingerprint density at radius 1 is 1.33 bits per heavy atom. The lowest BCUT2D eigenvalue weighted by Crippen LogP contribution is -2.48. The number of nitrogen functional groups attached to an aromatic ring is 1. The average molecular weight is 316 g/mol. The Balaban J connectivity index is 2.25. The predicted octanol–water partition coefficient (Wildman–Crippen LogP) is -0.643. The summed E-state index contributed by atoms with van der Waals surface area (Å²) in [6, 6.07) is 2.73. The fraction of sp³-hybridized carbons (Fsp3) is 0.500. The number of hydrogen-bond acceptors (Lipinski definition) is 8. The van der Waals surface area contributed by atoms with Crippen LogP contribution in [0.15, 0.2) is 12.1 Å². The van der Waals surface area contributed by atoms with Gasteiger partial charge in [-0.3, -0.25) is 10.1 Å². The van der Waals surface area contributed by atoms with Crippen LogP contribution in [0.2, 0.25) is 0 Å². The van der Waals surface area contributed by atoms with E-state index in [0.717, 1.165) is 6.26 Å². The van der Waals surface area contributed by atoms with Crippen molar-refractivity contribution in [2.75, 3.05) is 42.8 Å². The first-order valence-electron chi connectivity index (χ1n) is 6.15. The van der Waals surface area contributed by atoms with E-state index in [-0.39, 0.29) is 24.6 Å². The summed E-state index contributed by atoms with van der Waals surface area (Å²) in [6.45, 7) is 1.18. The summed E-state index contributed by atoms with van der Waals surface area (Å²) < 4.78 is 24.3. The Labute approximate surface area is 121 Å². The highest BCUT2D eigenvalue weighted by Gasteiger charge is 2.28. The molecule has 1 aromatic heterocycles. The van der Waals surface area contributed by atoms with Crippen LogP contribution in [0.5, 0.6) is 0 Å². The van der Waals surface area contributed by atoms with Gasteiger partial charge in [-0.15, -0.1) is 0 Å². The molecule has 0 amide bonds. The molecule has 21 heavy (non-hydrogen) atoms. The van der Waals surface area contributed by atoms with Crippen molar-refractivity contribution in [1.29, 1.82) is 0 Å². The topological polar surface area (TPSA) is 135 Å². The van der Waals surface area contributed by atoms with Crippen molar-refractivity contribution < 1.29 is 13.3 Å². The molecule has 1 saturated heterocycles. The van der Waals surface area contributed by atoms with E-state index in [2.05, 4.69) is 10.4 Å². The van der Waals surface area contributed by atoms with Crippen molar-refractivity contribution in [2.45, 2.75) is 0 Å². The molecule has 1 fully saturated rings. The molecule has 0 aromatic carbocycles. The standard InChI is InChI=1S/C10H16N6O4S/c1-21(19,20)15-6-4-14(5-7-15)10-8(16(17)18)2-3-9(12-10)13-11/h2-3H,4-7,11H2,1H3,(H,12,13). The number of nitro groups is 1. The lowest BCUT2D eigenvalue weighted by molar-refractivity contribution is -0.384. The summed E-state index contributed by atoms with van der Waals surface area (Å²) in [5, 5.41) is 11.1. The predicted molar refractivity (Wildman–Crippen MR) is 77.3 cm³/mol. The van der Waals surface area contributed by atoms with Gasteiger partial charge in [-0.1, -0.05) is 0 Å². The van der Waals surface area contributed by atoms with Crippen molar-refractivity contribution in [3.05, 3.63) is 22.2 Å². The Morgan fingerprint density at radius 3 is 2.43 bits per heavy atom. The van der Waals surface area contributed by atoms with Crippen LogP contribution in [0.4, 0.5) is 17.3 Å². The maximum atomic E-state index is 11.5. The van der Waals surface area contributed by atoms with Gasteiger partial charge in [0.25, 0.3) is 0 Å². The third kappa shape index (κ3) is 3.37. The average Bonchev–Trinajstić information content (AvgIpc) is 2.45. The Kier molecular flexibility index (Phi) is 4.25. The second kappa shape index (κ2) is 5.79. The van der Waals surface area contributed by atoms with E-state index in [1.54, 1.807) is 4.90 Å². The molecule has 3 N–H and O–H groups in total. The summed E-state index contributed by atoms with van der Waals surface area (Å²) in [5.41, 5.74) is 2.20. The van der Waals surface area contributed by atoms with Crippen molar-refractivity contribution in [1.82, 2.24) is 9.29 Å². The van der Waals surface area contributed by atoms with Gasteiger partial charge in [0, 0.05) is 32.2 Å². The third-order valence-corrected chi connectivity index (χ3v) is 4.51. The van der Waals surface area contributed by atoms with E-state index in [9.17, 15) is 18.5 Å². The summed E-state index contributed by atoms with van der Waals surface area (Å²) in [6.07, 6.45) is 1.14. The lowest BCUT2D eigenvalue weighted by atomic mass is 10.3. The molecule has 11 heteroatoms. The molecular weight excluding hydrogens is 300 g/mol. The molecule has 0 atom stereocenters. The minimum absolute atomic E-state index is 0.137. The number of nitrogens with two attached hydrogens (primary N) is 1. The third-order valence-electron chi connectivity index (χ3n) is 3.21. The van der Waals surface area contributed by atoms with E-state index < -0.39 is 14.9 Å². The lowest BCUT2D eigenvalue weighted by Gasteiger charge is -2.33. The number of aromatic nitrogens is 1. The highest BCUT2D eigenvalue weighted by molar-refractivity contribution is 7.88. The van der Waals surface area contributed by atoms with Crippen molar-refractivity contribution in [2.24, 2.45) is 5.84 Å². The van der Waals surface area contributed by atoms with Crippen molar-refractivity contribution in [3.63, 3.8) is 0 Å². The van der Waals surface area contributed by atoms with Gasteiger partial charge >= 0.3 is 5.69 Å². The molecule has 1 aliphatic heterocycles. The van der Waals surface area contributed by atoms with E-state index in [4.69, 9.17) is 5.84 Å². The van der Waals surface area contributed by atoms with Gasteiger partial charge in [0.2, 0.25) is 15.8 Å². The van der Waals surface area contributed by atoms with Crippen LogP contribution < -0.4 is 16.2 Å². The second-order valence-electron chi connectivity index (χ2n) is 4.59. The molecule has 0 aliphatic carbocycles. The highest BCUT2D eigenvalue weighted by Crippen LogP contribution is 2.28. The Hall–Kier alpha value is -1.98. The van der Waals surface area contributed by atoms with Crippen molar-refractivity contribution in [3.8, 4) is 0 Å². The second-order valence-corrected chi connectivity index (χ2v) is 6.57. The molecule has 2 rings (SSSR count). The van der Waals surface area contributed by atoms with E-state index in [1.807, 2.05) is 0 Å². The first kappa shape index (κ1) is 15.4. The van der Waals surface area contributed by atoms with Crippen LogP contribution in [0.25, 0.3) is 0 Å². The van der Waals surface area contributed by atoms with Gasteiger partial charge in [0.05, 0.1) is 11.2 Å². The van der Waals surface area contributed by atoms with Gasteiger partial charge in [0.1, 0.15) is 5.82 Å². The Morgan fingerprint density at radius 2 is 1.95 bits per heavy atom. The number of hydrogen-bond donors (Lipinski definition) is 2. The molecule has 0 unspecified atom stereocenters. The van der Waals surface area contributed by atoms with Crippen LogP contribution in [0.1, 0.15) is 0 Å². The molecular formula is C10H16N6O4S. The molecule has 10 nitrogen and oxygen atoms in total. The number of anilines is 2. The van der Waals surface area contributed by atoms with Crippen LogP contribution in [-0.2, 0) is 10.0 Å². The molecule has 2 heterocycles. The Bertz CT molecular complexity index is 641. The fourth-order valence-corrected chi connectivity index (χ4v) is 2.95. The SMILES string of the molecule is CS(=O)(=O)N1CCN(c2nc(NN)ccc2[N+](=O)[O-])CC1. The maximum absolute atomic E-state index is 11.5.